The van der Waals surface area contributed by atoms with E-state index in [1.54, 1.807) is 11.8 Å². The third-order valence-electron chi connectivity index (χ3n) is 5.40. The van der Waals surface area contributed by atoms with Gasteiger partial charge in [-0.2, -0.15) is 0 Å². The molecule has 0 amide bonds. The van der Waals surface area contributed by atoms with Crippen LogP contribution in [0.3, 0.4) is 0 Å². The zero-order chi connectivity index (χ0) is 18.8. The topological polar surface area (TPSA) is 53.4 Å². The molecule has 1 fully saturated rings. The minimum absolute atomic E-state index is 0.147. The van der Waals surface area contributed by atoms with Gasteiger partial charge in [0.05, 0.1) is 16.9 Å². The van der Waals surface area contributed by atoms with Crippen molar-refractivity contribution in [2.75, 3.05) is 11.4 Å². The Morgan fingerprint density at radius 2 is 2.15 bits per heavy atom. The smallest absolute Gasteiger partial charge is 0.303 e. The minimum Gasteiger partial charge on any atom is -0.481 e. The van der Waals surface area contributed by atoms with Crippen LogP contribution in [0.15, 0.2) is 35.5 Å². The Morgan fingerprint density at radius 3 is 2.89 bits per heavy atom. The fraction of sp³-hybridized carbons (Fsp3) is 0.429. The van der Waals surface area contributed by atoms with E-state index in [0.717, 1.165) is 23.6 Å². The van der Waals surface area contributed by atoms with Crippen molar-refractivity contribution in [3.8, 4) is 0 Å². The van der Waals surface area contributed by atoms with Crippen molar-refractivity contribution in [1.29, 1.82) is 0 Å². The molecule has 1 saturated carbocycles. The van der Waals surface area contributed by atoms with Gasteiger partial charge in [-0.15, -0.1) is 11.8 Å². The molecule has 2 aliphatic rings. The third-order valence-corrected chi connectivity index (χ3v) is 6.67. The fourth-order valence-corrected chi connectivity index (χ4v) is 4.80. The maximum absolute atomic E-state index is 14.4. The Hall–Kier alpha value is -2.08. The molecule has 0 saturated heterocycles. The van der Waals surface area contributed by atoms with E-state index >= 15 is 0 Å². The van der Waals surface area contributed by atoms with Gasteiger partial charge in [0.2, 0.25) is 0 Å². The molecule has 0 unspecified atom stereocenters. The van der Waals surface area contributed by atoms with E-state index in [1.807, 2.05) is 12.1 Å². The third kappa shape index (κ3) is 4.26. The summed E-state index contributed by atoms with van der Waals surface area (Å²) in [4.78, 5) is 17.1. The van der Waals surface area contributed by atoms with Crippen LogP contribution in [0.25, 0.3) is 0 Å². The van der Waals surface area contributed by atoms with Gasteiger partial charge in [-0.3, -0.25) is 4.79 Å². The summed E-state index contributed by atoms with van der Waals surface area (Å²) in [6.07, 6.45) is 6.61. The fourth-order valence-electron chi connectivity index (χ4n) is 3.59. The van der Waals surface area contributed by atoms with E-state index in [1.165, 1.54) is 36.6 Å². The van der Waals surface area contributed by atoms with Crippen LogP contribution in [-0.2, 0) is 24.2 Å². The van der Waals surface area contributed by atoms with E-state index in [9.17, 15) is 9.18 Å². The average Bonchev–Trinajstić information content (AvgIpc) is 2.63. The Morgan fingerprint density at radius 1 is 1.30 bits per heavy atom. The largest absolute Gasteiger partial charge is 0.481 e. The second kappa shape index (κ2) is 7.89. The maximum atomic E-state index is 14.4. The van der Waals surface area contributed by atoms with Gasteiger partial charge in [0, 0.05) is 24.8 Å². The van der Waals surface area contributed by atoms with E-state index in [0.29, 0.717) is 23.9 Å². The molecule has 1 aromatic carbocycles. The number of carboxylic acids is 1. The van der Waals surface area contributed by atoms with E-state index in [4.69, 9.17) is 5.11 Å². The summed E-state index contributed by atoms with van der Waals surface area (Å²) < 4.78 is 14.4. The van der Waals surface area contributed by atoms with Gasteiger partial charge in [-0.25, -0.2) is 9.37 Å². The Kier molecular flexibility index (Phi) is 5.34. The number of pyridine rings is 1. The lowest BCUT2D eigenvalue weighted by atomic mass is 9.95. The van der Waals surface area contributed by atoms with Crippen LogP contribution in [-0.4, -0.2) is 27.9 Å². The van der Waals surface area contributed by atoms with E-state index in [2.05, 4.69) is 22.0 Å². The van der Waals surface area contributed by atoms with E-state index < -0.39 is 5.97 Å². The molecule has 27 heavy (non-hydrogen) atoms. The minimum atomic E-state index is -0.775. The average molecular weight is 386 g/mol. The van der Waals surface area contributed by atoms with Crippen molar-refractivity contribution < 1.29 is 14.3 Å². The van der Waals surface area contributed by atoms with Crippen LogP contribution in [0.4, 0.5) is 10.1 Å². The number of nitrogens with zero attached hydrogens (tertiary/aromatic N) is 2. The lowest BCUT2D eigenvalue weighted by molar-refractivity contribution is -0.136. The van der Waals surface area contributed by atoms with Gasteiger partial charge in [0.25, 0.3) is 0 Å². The quantitative estimate of drug-likeness (QED) is 0.795. The van der Waals surface area contributed by atoms with Crippen LogP contribution in [0.5, 0.6) is 0 Å². The van der Waals surface area contributed by atoms with Crippen molar-refractivity contribution >= 4 is 23.4 Å². The first kappa shape index (κ1) is 18.3. The predicted octanol–water partition coefficient (Wildman–Crippen LogP) is 4.45. The molecule has 2 heterocycles. The number of hydrogen-bond donors (Lipinski definition) is 1. The number of thioether (sulfide) groups is 1. The highest BCUT2D eigenvalue weighted by molar-refractivity contribution is 7.99. The monoisotopic (exact) mass is 386 g/mol. The summed E-state index contributed by atoms with van der Waals surface area (Å²) in [6.45, 7) is 1.42. The van der Waals surface area contributed by atoms with Crippen LogP contribution in [0.1, 0.15) is 42.4 Å². The molecule has 4 rings (SSSR count). The molecule has 1 aliphatic heterocycles. The molecule has 0 bridgehead atoms. The van der Waals surface area contributed by atoms with Gasteiger partial charge >= 0.3 is 5.97 Å². The SMILES string of the molecule is O=C(O)CCc1ccc2c(c1)CCN(c1cc(SC3CCC3)ncc1F)C2. The number of carboxylic acid groups (broad SMARTS) is 1. The van der Waals surface area contributed by atoms with Crippen LogP contribution in [0.2, 0.25) is 0 Å². The zero-order valence-electron chi connectivity index (χ0n) is 15.2. The molecule has 1 N–H and O–H groups in total. The molecule has 1 aromatic heterocycles. The van der Waals surface area contributed by atoms with Crippen molar-refractivity contribution in [3.05, 3.63) is 53.0 Å². The number of benzene rings is 1. The van der Waals surface area contributed by atoms with Gasteiger partial charge in [0.1, 0.15) is 0 Å². The van der Waals surface area contributed by atoms with Crippen molar-refractivity contribution in [2.24, 2.45) is 0 Å². The predicted molar refractivity (Wildman–Crippen MR) is 105 cm³/mol. The molecule has 2 aromatic rings. The van der Waals surface area contributed by atoms with E-state index in [-0.39, 0.29) is 12.2 Å². The van der Waals surface area contributed by atoms with Gasteiger partial charge in [-0.05, 0) is 48.4 Å². The van der Waals surface area contributed by atoms with Crippen molar-refractivity contribution in [1.82, 2.24) is 4.98 Å². The summed E-state index contributed by atoms with van der Waals surface area (Å²) >= 11 is 1.76. The second-order valence-electron chi connectivity index (χ2n) is 7.31. The highest BCUT2D eigenvalue weighted by atomic mass is 32.2. The second-order valence-corrected chi connectivity index (χ2v) is 8.63. The Bertz CT molecular complexity index is 854. The first-order valence-electron chi connectivity index (χ1n) is 9.48. The Balaban J connectivity index is 1.49. The Labute approximate surface area is 162 Å². The first-order valence-corrected chi connectivity index (χ1v) is 10.4. The van der Waals surface area contributed by atoms with Gasteiger partial charge in [-0.1, -0.05) is 24.6 Å². The summed E-state index contributed by atoms with van der Waals surface area (Å²) in [6, 6.07) is 8.05. The van der Waals surface area contributed by atoms with Crippen molar-refractivity contribution in [3.63, 3.8) is 0 Å². The first-order chi connectivity index (χ1) is 13.1. The van der Waals surface area contributed by atoms with Gasteiger partial charge in [0.15, 0.2) is 5.82 Å². The summed E-state index contributed by atoms with van der Waals surface area (Å²) in [5.74, 6) is -1.04. The normalized spacial score (nSPS) is 16.7. The number of aromatic nitrogens is 1. The number of rotatable bonds is 6. The van der Waals surface area contributed by atoms with Crippen molar-refractivity contribution in [2.45, 2.75) is 55.3 Å². The number of anilines is 1. The maximum Gasteiger partial charge on any atom is 0.303 e. The zero-order valence-corrected chi connectivity index (χ0v) is 16.0. The molecule has 4 nitrogen and oxygen atoms in total. The molecular weight excluding hydrogens is 363 g/mol. The molecule has 6 heteroatoms. The molecule has 142 valence electrons. The number of carbonyl (C=O) groups is 1. The van der Waals surface area contributed by atoms with Gasteiger partial charge < -0.3 is 10.0 Å². The number of hydrogen-bond acceptors (Lipinski definition) is 4. The number of halogens is 1. The molecule has 0 radical (unpaired) electrons. The summed E-state index contributed by atoms with van der Waals surface area (Å²) in [7, 11) is 0. The molecule has 0 spiro atoms. The lowest BCUT2D eigenvalue weighted by Crippen LogP contribution is -2.31. The number of aliphatic carboxylic acids is 1. The highest BCUT2D eigenvalue weighted by Gasteiger charge is 2.23. The number of fused-ring (bicyclic) bond motifs is 1. The summed E-state index contributed by atoms with van der Waals surface area (Å²) in [5, 5.41) is 10.4. The standard InChI is InChI=1S/C21H23FN2O2S/c22-18-12-23-20(27-17-2-1-3-17)11-19(18)24-9-8-15-10-14(5-7-21(25)26)4-6-16(15)13-24/h4,6,10-12,17H,1-3,5,7-9,13H2,(H,25,26). The summed E-state index contributed by atoms with van der Waals surface area (Å²) in [5.41, 5.74) is 4.11. The lowest BCUT2D eigenvalue weighted by Gasteiger charge is -2.31. The van der Waals surface area contributed by atoms with Crippen LogP contribution < -0.4 is 4.90 Å². The molecular formula is C21H23FN2O2S. The highest BCUT2D eigenvalue weighted by Crippen LogP contribution is 2.37. The van der Waals surface area contributed by atoms with Crippen LogP contribution in [0, 0.1) is 5.82 Å². The molecule has 1 aliphatic carbocycles. The molecule has 0 atom stereocenters. The van der Waals surface area contributed by atoms with Crippen LogP contribution >= 0.6 is 11.8 Å². The number of aryl methyl sites for hydroxylation is 1.